The molecule has 0 aliphatic carbocycles. The molecule has 0 spiro atoms. The molecule has 0 aromatic heterocycles. The van der Waals surface area contributed by atoms with Crippen molar-refractivity contribution in [3.63, 3.8) is 0 Å². The van der Waals surface area contributed by atoms with Gasteiger partial charge in [0.05, 0.1) is 18.4 Å². The third-order valence-corrected chi connectivity index (χ3v) is 4.78. The maximum absolute atomic E-state index is 12.5. The van der Waals surface area contributed by atoms with Gasteiger partial charge in [0, 0.05) is 4.90 Å². The van der Waals surface area contributed by atoms with Crippen LogP contribution in [0.2, 0.25) is 0 Å². The Bertz CT molecular complexity index is 613. The van der Waals surface area contributed by atoms with E-state index in [4.69, 9.17) is 4.74 Å². The highest BCUT2D eigenvalue weighted by Gasteiger charge is 2.18. The van der Waals surface area contributed by atoms with Crippen LogP contribution in [0.4, 0.5) is 0 Å². The Morgan fingerprint density at radius 3 is 2.35 bits per heavy atom. The van der Waals surface area contributed by atoms with Gasteiger partial charge in [0.15, 0.2) is 0 Å². The minimum absolute atomic E-state index is 0.0570. The van der Waals surface area contributed by atoms with E-state index in [-0.39, 0.29) is 17.2 Å². The van der Waals surface area contributed by atoms with Crippen molar-refractivity contribution in [2.75, 3.05) is 7.11 Å². The zero-order chi connectivity index (χ0) is 16.7. The summed E-state index contributed by atoms with van der Waals surface area (Å²) in [5, 5.41) is 2.99. The number of nitrogens with one attached hydrogen (secondary N) is 1. The number of benzene rings is 2. The van der Waals surface area contributed by atoms with Gasteiger partial charge in [-0.05, 0) is 43.2 Å². The van der Waals surface area contributed by atoms with E-state index in [9.17, 15) is 4.79 Å². The number of thioether (sulfide) groups is 1. The van der Waals surface area contributed by atoms with E-state index in [2.05, 4.69) is 24.4 Å². The van der Waals surface area contributed by atoms with Gasteiger partial charge in [-0.2, -0.15) is 0 Å². The molecule has 1 amide bonds. The second kappa shape index (κ2) is 8.63. The molecule has 0 aliphatic heterocycles. The number of methoxy groups -OCH3 is 1. The smallest absolute Gasteiger partial charge is 0.233 e. The number of amides is 1. The fourth-order valence-electron chi connectivity index (χ4n) is 2.31. The number of rotatable bonds is 7. The topological polar surface area (TPSA) is 38.3 Å². The summed E-state index contributed by atoms with van der Waals surface area (Å²) in [7, 11) is 1.65. The van der Waals surface area contributed by atoms with Crippen LogP contribution in [0, 0.1) is 0 Å². The molecule has 0 saturated heterocycles. The predicted molar refractivity (Wildman–Crippen MR) is 95.9 cm³/mol. The highest BCUT2D eigenvalue weighted by Crippen LogP contribution is 2.26. The predicted octanol–water partition coefficient (Wildman–Crippen LogP) is 4.44. The van der Waals surface area contributed by atoms with Crippen molar-refractivity contribution in [3.05, 3.63) is 60.2 Å². The molecule has 122 valence electrons. The number of hydrogen-bond donors (Lipinski definition) is 1. The molecular formula is C19H23NO2S. The van der Waals surface area contributed by atoms with Crippen molar-refractivity contribution in [2.24, 2.45) is 0 Å². The largest absolute Gasteiger partial charge is 0.497 e. The Morgan fingerprint density at radius 2 is 1.78 bits per heavy atom. The molecule has 2 atom stereocenters. The number of hydrogen-bond acceptors (Lipinski definition) is 3. The molecule has 0 unspecified atom stereocenters. The standard InChI is InChI=1S/C19H23NO2S/c1-4-18(15-8-6-5-7-9-15)20-19(21)14(2)23-17-12-10-16(22-3)11-13-17/h5-14,18H,4H2,1-3H3,(H,20,21)/t14-,18+/m1/s1. The van der Waals surface area contributed by atoms with Crippen molar-refractivity contribution in [1.82, 2.24) is 5.32 Å². The van der Waals surface area contributed by atoms with Crippen molar-refractivity contribution in [2.45, 2.75) is 36.5 Å². The van der Waals surface area contributed by atoms with Gasteiger partial charge in [0.1, 0.15) is 5.75 Å². The van der Waals surface area contributed by atoms with Crippen LogP contribution in [-0.4, -0.2) is 18.3 Å². The molecule has 0 radical (unpaired) electrons. The van der Waals surface area contributed by atoms with E-state index < -0.39 is 0 Å². The fraction of sp³-hybridized carbons (Fsp3) is 0.316. The minimum atomic E-state index is -0.152. The van der Waals surface area contributed by atoms with Gasteiger partial charge in [-0.15, -0.1) is 11.8 Å². The quantitative estimate of drug-likeness (QED) is 0.763. The normalized spacial score (nSPS) is 13.2. The van der Waals surface area contributed by atoms with Gasteiger partial charge < -0.3 is 10.1 Å². The second-order valence-electron chi connectivity index (χ2n) is 5.32. The highest BCUT2D eigenvalue weighted by atomic mass is 32.2. The van der Waals surface area contributed by atoms with Crippen molar-refractivity contribution in [3.8, 4) is 5.75 Å². The Balaban J connectivity index is 1.95. The zero-order valence-electron chi connectivity index (χ0n) is 13.8. The molecule has 2 rings (SSSR count). The van der Waals surface area contributed by atoms with E-state index in [1.165, 1.54) is 0 Å². The van der Waals surface area contributed by atoms with Crippen LogP contribution in [-0.2, 0) is 4.79 Å². The Morgan fingerprint density at radius 1 is 1.13 bits per heavy atom. The highest BCUT2D eigenvalue weighted by molar-refractivity contribution is 8.00. The van der Waals surface area contributed by atoms with Crippen molar-refractivity contribution in [1.29, 1.82) is 0 Å². The lowest BCUT2D eigenvalue weighted by atomic mass is 10.0. The molecule has 1 N–H and O–H groups in total. The molecule has 4 heteroatoms. The van der Waals surface area contributed by atoms with Crippen LogP contribution < -0.4 is 10.1 Å². The van der Waals surface area contributed by atoms with E-state index in [1.54, 1.807) is 18.9 Å². The van der Waals surface area contributed by atoms with Gasteiger partial charge in [-0.3, -0.25) is 4.79 Å². The SMILES string of the molecule is CC[C@H](NC(=O)[C@@H](C)Sc1ccc(OC)cc1)c1ccccc1. The van der Waals surface area contributed by atoms with Crippen LogP contribution in [0.3, 0.4) is 0 Å². The molecule has 0 bridgehead atoms. The summed E-state index contributed by atoms with van der Waals surface area (Å²) < 4.78 is 5.15. The van der Waals surface area contributed by atoms with Crippen molar-refractivity contribution < 1.29 is 9.53 Å². The van der Waals surface area contributed by atoms with Crippen LogP contribution in [0.25, 0.3) is 0 Å². The van der Waals surface area contributed by atoms with E-state index in [0.29, 0.717) is 0 Å². The molecule has 0 heterocycles. The molecule has 0 fully saturated rings. The van der Waals surface area contributed by atoms with Crippen LogP contribution in [0.15, 0.2) is 59.5 Å². The van der Waals surface area contributed by atoms with Gasteiger partial charge in [-0.1, -0.05) is 37.3 Å². The summed E-state index contributed by atoms with van der Waals surface area (Å²) in [6, 6.07) is 17.9. The van der Waals surface area contributed by atoms with Gasteiger partial charge in [0.25, 0.3) is 0 Å². The lowest BCUT2D eigenvalue weighted by Gasteiger charge is -2.20. The maximum atomic E-state index is 12.5. The number of carbonyl (C=O) groups excluding carboxylic acids is 1. The minimum Gasteiger partial charge on any atom is -0.497 e. The summed E-state index contributed by atoms with van der Waals surface area (Å²) >= 11 is 1.55. The van der Waals surface area contributed by atoms with Gasteiger partial charge in [0.2, 0.25) is 5.91 Å². The van der Waals surface area contributed by atoms with E-state index >= 15 is 0 Å². The molecule has 2 aromatic rings. The summed E-state index contributed by atoms with van der Waals surface area (Å²) in [6.07, 6.45) is 0.871. The van der Waals surface area contributed by atoms with E-state index in [0.717, 1.165) is 22.6 Å². The number of carbonyl (C=O) groups is 1. The first-order chi connectivity index (χ1) is 11.1. The van der Waals surface area contributed by atoms with Gasteiger partial charge >= 0.3 is 0 Å². The molecule has 3 nitrogen and oxygen atoms in total. The maximum Gasteiger partial charge on any atom is 0.233 e. The number of ether oxygens (including phenoxy) is 1. The third kappa shape index (κ3) is 5.03. The van der Waals surface area contributed by atoms with Gasteiger partial charge in [-0.25, -0.2) is 0 Å². The molecule has 0 aliphatic rings. The monoisotopic (exact) mass is 329 g/mol. The van der Waals surface area contributed by atoms with E-state index in [1.807, 2.05) is 49.4 Å². The summed E-state index contributed by atoms with van der Waals surface area (Å²) in [5.74, 6) is 0.878. The molecule has 23 heavy (non-hydrogen) atoms. The summed E-state index contributed by atoms with van der Waals surface area (Å²) in [4.78, 5) is 13.5. The molecule has 0 saturated carbocycles. The third-order valence-electron chi connectivity index (χ3n) is 3.67. The van der Waals surface area contributed by atoms with Crippen LogP contribution >= 0.6 is 11.8 Å². The Kier molecular flexibility index (Phi) is 6.53. The Labute approximate surface area is 142 Å². The molecule has 2 aromatic carbocycles. The average molecular weight is 329 g/mol. The van der Waals surface area contributed by atoms with Crippen LogP contribution in [0.1, 0.15) is 31.9 Å². The second-order valence-corrected chi connectivity index (χ2v) is 6.73. The molecular weight excluding hydrogens is 306 g/mol. The summed E-state index contributed by atoms with van der Waals surface area (Å²) in [5.41, 5.74) is 1.14. The summed E-state index contributed by atoms with van der Waals surface area (Å²) in [6.45, 7) is 4.02. The lowest BCUT2D eigenvalue weighted by Crippen LogP contribution is -2.34. The fourth-order valence-corrected chi connectivity index (χ4v) is 3.18. The first-order valence-electron chi connectivity index (χ1n) is 7.80. The first-order valence-corrected chi connectivity index (χ1v) is 8.68. The lowest BCUT2D eigenvalue weighted by molar-refractivity contribution is -0.121. The van der Waals surface area contributed by atoms with Crippen LogP contribution in [0.5, 0.6) is 5.75 Å². The first kappa shape index (κ1) is 17.4. The van der Waals surface area contributed by atoms with Crippen molar-refractivity contribution >= 4 is 17.7 Å². The zero-order valence-corrected chi connectivity index (χ0v) is 14.6. The Hall–Kier alpha value is -1.94. The average Bonchev–Trinajstić information content (AvgIpc) is 2.60.